The Hall–Kier alpha value is -1.45. The van der Waals surface area contributed by atoms with E-state index in [4.69, 9.17) is 5.84 Å². The summed E-state index contributed by atoms with van der Waals surface area (Å²) >= 11 is 0. The van der Waals surface area contributed by atoms with Gasteiger partial charge in [0.1, 0.15) is 0 Å². The van der Waals surface area contributed by atoms with Crippen molar-refractivity contribution in [2.45, 2.75) is 51.5 Å². The van der Waals surface area contributed by atoms with Gasteiger partial charge < -0.3 is 0 Å². The van der Waals surface area contributed by atoms with Gasteiger partial charge in [0.15, 0.2) is 0 Å². The maximum absolute atomic E-state index is 5.76. The highest BCUT2D eigenvalue weighted by Crippen LogP contribution is 2.26. The van der Waals surface area contributed by atoms with Crippen molar-refractivity contribution in [2.75, 3.05) is 0 Å². The second-order valence-electron chi connectivity index (χ2n) is 5.37. The molecule has 1 heterocycles. The fourth-order valence-corrected chi connectivity index (χ4v) is 2.70. The molecular weight excluding hydrogens is 246 g/mol. The normalized spacial score (nSPS) is 12.7. The van der Waals surface area contributed by atoms with Gasteiger partial charge in [-0.25, -0.2) is 0 Å². The molecule has 1 aromatic heterocycles. The number of nitrogens with one attached hydrogen (secondary N) is 1. The Kier molecular flexibility index (Phi) is 5.96. The molecule has 0 bridgehead atoms. The molecule has 20 heavy (non-hydrogen) atoms. The number of hydrogen-bond donors (Lipinski definition) is 2. The molecule has 0 aliphatic heterocycles. The molecule has 0 spiro atoms. The van der Waals surface area contributed by atoms with Crippen LogP contribution < -0.4 is 11.3 Å². The van der Waals surface area contributed by atoms with Crippen molar-refractivity contribution in [3.05, 3.63) is 42.2 Å². The molecule has 0 amide bonds. The molecule has 2 aromatic rings. The number of nitrogens with zero attached hydrogens (tertiary/aromatic N) is 1. The predicted octanol–water partition coefficient (Wildman–Crippen LogP) is 4.10. The van der Waals surface area contributed by atoms with Gasteiger partial charge in [-0.1, -0.05) is 63.3 Å². The maximum atomic E-state index is 5.76. The number of hydrazine groups is 1. The van der Waals surface area contributed by atoms with Gasteiger partial charge in [0, 0.05) is 23.8 Å². The fraction of sp³-hybridized carbons (Fsp3) is 0.471. The minimum atomic E-state index is 0.190. The molecule has 0 fully saturated rings. The van der Waals surface area contributed by atoms with Gasteiger partial charge in [0.05, 0.1) is 0 Å². The van der Waals surface area contributed by atoms with Crippen molar-refractivity contribution in [3.8, 4) is 0 Å². The van der Waals surface area contributed by atoms with Crippen molar-refractivity contribution in [2.24, 2.45) is 5.84 Å². The van der Waals surface area contributed by atoms with Crippen LogP contribution in [0.1, 0.15) is 57.1 Å². The zero-order chi connectivity index (χ0) is 14.2. The zero-order valence-corrected chi connectivity index (χ0v) is 12.3. The van der Waals surface area contributed by atoms with Crippen molar-refractivity contribution < 1.29 is 0 Å². The summed E-state index contributed by atoms with van der Waals surface area (Å²) in [6.07, 6.45) is 11.3. The van der Waals surface area contributed by atoms with Crippen LogP contribution in [-0.2, 0) is 0 Å². The lowest BCUT2D eigenvalue weighted by molar-refractivity contribution is 0.480. The smallest absolute Gasteiger partial charge is 0.0481 e. The number of unbranched alkanes of at least 4 members (excludes halogenated alkanes) is 4. The lowest BCUT2D eigenvalue weighted by Gasteiger charge is -2.18. The highest BCUT2D eigenvalue weighted by atomic mass is 15.2. The molecular formula is C17H25N3. The summed E-state index contributed by atoms with van der Waals surface area (Å²) in [7, 11) is 0. The van der Waals surface area contributed by atoms with Gasteiger partial charge in [0.2, 0.25) is 0 Å². The van der Waals surface area contributed by atoms with E-state index in [0.29, 0.717) is 0 Å². The Morgan fingerprint density at radius 1 is 1.10 bits per heavy atom. The average molecular weight is 271 g/mol. The van der Waals surface area contributed by atoms with Crippen LogP contribution in [0, 0.1) is 0 Å². The molecule has 0 aliphatic carbocycles. The number of fused-ring (bicyclic) bond motifs is 1. The third kappa shape index (κ3) is 3.78. The third-order valence-electron chi connectivity index (χ3n) is 3.87. The zero-order valence-electron chi connectivity index (χ0n) is 12.3. The van der Waals surface area contributed by atoms with E-state index in [-0.39, 0.29) is 6.04 Å². The number of benzene rings is 1. The summed E-state index contributed by atoms with van der Waals surface area (Å²) in [5, 5.41) is 2.43. The van der Waals surface area contributed by atoms with E-state index in [9.17, 15) is 0 Å². The van der Waals surface area contributed by atoms with Gasteiger partial charge in [-0.3, -0.25) is 16.3 Å². The van der Waals surface area contributed by atoms with E-state index < -0.39 is 0 Å². The predicted molar refractivity (Wildman–Crippen MR) is 85.2 cm³/mol. The minimum Gasteiger partial charge on any atom is -0.271 e. The van der Waals surface area contributed by atoms with Gasteiger partial charge >= 0.3 is 0 Å². The van der Waals surface area contributed by atoms with Crippen LogP contribution in [-0.4, -0.2) is 4.98 Å². The van der Waals surface area contributed by atoms with Crippen molar-refractivity contribution in [3.63, 3.8) is 0 Å². The largest absolute Gasteiger partial charge is 0.271 e. The van der Waals surface area contributed by atoms with Crippen molar-refractivity contribution >= 4 is 10.8 Å². The molecule has 0 saturated heterocycles. The summed E-state index contributed by atoms with van der Waals surface area (Å²) in [5.41, 5.74) is 4.17. The highest BCUT2D eigenvalue weighted by Gasteiger charge is 2.12. The van der Waals surface area contributed by atoms with Gasteiger partial charge in [-0.05, 0) is 17.4 Å². The number of nitrogens with two attached hydrogens (primary N) is 1. The quantitative estimate of drug-likeness (QED) is 0.432. The fourth-order valence-electron chi connectivity index (χ4n) is 2.70. The maximum Gasteiger partial charge on any atom is 0.0481 e. The van der Waals surface area contributed by atoms with Gasteiger partial charge in [0.25, 0.3) is 0 Å². The van der Waals surface area contributed by atoms with Gasteiger partial charge in [-0.2, -0.15) is 0 Å². The lowest BCUT2D eigenvalue weighted by atomic mass is 9.97. The molecule has 3 N–H and O–H groups in total. The Labute approximate surface area is 121 Å². The van der Waals surface area contributed by atoms with Crippen LogP contribution in [0.2, 0.25) is 0 Å². The molecule has 108 valence electrons. The molecule has 3 nitrogen and oxygen atoms in total. The summed E-state index contributed by atoms with van der Waals surface area (Å²) in [5.74, 6) is 5.76. The summed E-state index contributed by atoms with van der Waals surface area (Å²) in [4.78, 5) is 4.34. The molecule has 1 unspecified atom stereocenters. The van der Waals surface area contributed by atoms with Crippen LogP contribution in [0.25, 0.3) is 10.8 Å². The van der Waals surface area contributed by atoms with E-state index >= 15 is 0 Å². The Morgan fingerprint density at radius 3 is 2.70 bits per heavy atom. The second kappa shape index (κ2) is 7.98. The number of aromatic nitrogens is 1. The van der Waals surface area contributed by atoms with Crippen LogP contribution >= 0.6 is 0 Å². The molecule has 1 atom stereocenters. The second-order valence-corrected chi connectivity index (χ2v) is 5.37. The number of pyridine rings is 1. The van der Waals surface area contributed by atoms with Crippen LogP contribution in [0.5, 0.6) is 0 Å². The van der Waals surface area contributed by atoms with Gasteiger partial charge in [-0.15, -0.1) is 0 Å². The lowest BCUT2D eigenvalue weighted by Crippen LogP contribution is -2.28. The number of hydrogen-bond acceptors (Lipinski definition) is 3. The molecule has 1 aromatic carbocycles. The molecule has 2 rings (SSSR count). The van der Waals surface area contributed by atoms with E-state index in [1.54, 1.807) is 0 Å². The Balaban J connectivity index is 2.05. The minimum absolute atomic E-state index is 0.190. The first kappa shape index (κ1) is 14.9. The van der Waals surface area contributed by atoms with Crippen LogP contribution in [0.4, 0.5) is 0 Å². The Bertz CT molecular complexity index is 519. The third-order valence-corrected chi connectivity index (χ3v) is 3.87. The summed E-state index contributed by atoms with van der Waals surface area (Å²) in [6, 6.07) is 8.55. The highest BCUT2D eigenvalue weighted by molar-refractivity contribution is 5.85. The summed E-state index contributed by atoms with van der Waals surface area (Å²) in [6.45, 7) is 2.24. The molecule has 0 aliphatic rings. The first-order valence-electron chi connectivity index (χ1n) is 7.65. The number of rotatable bonds is 8. The summed E-state index contributed by atoms with van der Waals surface area (Å²) < 4.78 is 0. The van der Waals surface area contributed by atoms with Crippen LogP contribution in [0.3, 0.4) is 0 Å². The first-order chi connectivity index (χ1) is 9.86. The van der Waals surface area contributed by atoms with E-state index in [1.165, 1.54) is 48.4 Å². The van der Waals surface area contributed by atoms with E-state index in [1.807, 2.05) is 18.5 Å². The average Bonchev–Trinajstić information content (AvgIpc) is 2.51. The standard InChI is InChI=1S/C17H25N3/c1-2-3-4-5-6-11-17(20-18)16-13-19-12-14-9-7-8-10-15(14)16/h7-10,12-13,17,20H,2-6,11,18H2,1H3. The van der Waals surface area contributed by atoms with Crippen molar-refractivity contribution in [1.82, 2.24) is 10.4 Å². The molecule has 0 saturated carbocycles. The molecule has 0 radical (unpaired) electrons. The SMILES string of the molecule is CCCCCCCC(NN)c1cncc2ccccc12. The van der Waals surface area contributed by atoms with Crippen molar-refractivity contribution in [1.29, 1.82) is 0 Å². The monoisotopic (exact) mass is 271 g/mol. The van der Waals surface area contributed by atoms with E-state index in [2.05, 4.69) is 35.5 Å². The molecule has 3 heteroatoms. The van der Waals surface area contributed by atoms with E-state index in [0.717, 1.165) is 6.42 Å². The Morgan fingerprint density at radius 2 is 1.90 bits per heavy atom. The topological polar surface area (TPSA) is 50.9 Å². The van der Waals surface area contributed by atoms with Crippen LogP contribution in [0.15, 0.2) is 36.7 Å². The first-order valence-corrected chi connectivity index (χ1v) is 7.65.